The molecule has 0 aliphatic carbocycles. The first-order valence-electron chi connectivity index (χ1n) is 6.74. The first-order valence-corrected chi connectivity index (χ1v) is 6.74. The Morgan fingerprint density at radius 3 is 2.53 bits per heavy atom. The standard InChI is InChI=1S/C15H22N2O2/c1-15(2,12-17-8-10-19-11-9-17)16-14(18)13-6-4-3-5-7-13/h3-7H,8-12H2,1-2H3,(H,16,18). The third-order valence-electron chi connectivity index (χ3n) is 3.21. The van der Waals surface area contributed by atoms with Crippen LogP contribution in [0.15, 0.2) is 30.3 Å². The van der Waals surface area contributed by atoms with E-state index in [9.17, 15) is 4.79 Å². The van der Waals surface area contributed by atoms with Gasteiger partial charge in [0.1, 0.15) is 0 Å². The molecule has 1 saturated heterocycles. The van der Waals surface area contributed by atoms with Gasteiger partial charge in [0.2, 0.25) is 0 Å². The summed E-state index contributed by atoms with van der Waals surface area (Å²) in [5.41, 5.74) is 0.460. The van der Waals surface area contributed by atoms with Crippen LogP contribution in [0.1, 0.15) is 24.2 Å². The van der Waals surface area contributed by atoms with Gasteiger partial charge in [-0.3, -0.25) is 9.69 Å². The summed E-state index contributed by atoms with van der Waals surface area (Å²) >= 11 is 0. The SMILES string of the molecule is CC(C)(CN1CCOCC1)NC(=O)c1ccccc1. The number of nitrogens with one attached hydrogen (secondary N) is 1. The highest BCUT2D eigenvalue weighted by atomic mass is 16.5. The second-order valence-corrected chi connectivity index (χ2v) is 5.59. The molecule has 1 aliphatic heterocycles. The molecule has 0 bridgehead atoms. The van der Waals surface area contributed by atoms with Crippen LogP contribution in [0.3, 0.4) is 0 Å². The summed E-state index contributed by atoms with van der Waals surface area (Å²) in [6, 6.07) is 9.34. The van der Waals surface area contributed by atoms with Gasteiger partial charge in [0.25, 0.3) is 5.91 Å². The predicted octanol–water partition coefficient (Wildman–Crippen LogP) is 1.53. The van der Waals surface area contributed by atoms with Gasteiger partial charge in [0.05, 0.1) is 13.2 Å². The summed E-state index contributed by atoms with van der Waals surface area (Å²) < 4.78 is 5.34. The second-order valence-electron chi connectivity index (χ2n) is 5.59. The van der Waals surface area contributed by atoms with E-state index in [-0.39, 0.29) is 11.4 Å². The zero-order chi connectivity index (χ0) is 13.7. The molecule has 0 spiro atoms. The molecule has 104 valence electrons. The lowest BCUT2D eigenvalue weighted by molar-refractivity contribution is 0.0269. The highest BCUT2D eigenvalue weighted by Crippen LogP contribution is 2.09. The molecule has 0 atom stereocenters. The molecule has 0 aromatic heterocycles. The van der Waals surface area contributed by atoms with E-state index in [1.54, 1.807) is 0 Å². The molecular formula is C15H22N2O2. The van der Waals surface area contributed by atoms with Gasteiger partial charge < -0.3 is 10.1 Å². The van der Waals surface area contributed by atoms with Crippen LogP contribution in [0.5, 0.6) is 0 Å². The van der Waals surface area contributed by atoms with Crippen molar-refractivity contribution >= 4 is 5.91 Å². The highest BCUT2D eigenvalue weighted by molar-refractivity contribution is 5.94. The Balaban J connectivity index is 1.91. The van der Waals surface area contributed by atoms with Gasteiger partial charge in [-0.15, -0.1) is 0 Å². The Bertz CT molecular complexity index is 411. The van der Waals surface area contributed by atoms with Gasteiger partial charge in [-0.05, 0) is 26.0 Å². The molecule has 4 heteroatoms. The van der Waals surface area contributed by atoms with Gasteiger partial charge in [-0.1, -0.05) is 18.2 Å². The van der Waals surface area contributed by atoms with Crippen molar-refractivity contribution < 1.29 is 9.53 Å². The van der Waals surface area contributed by atoms with E-state index >= 15 is 0 Å². The number of benzene rings is 1. The van der Waals surface area contributed by atoms with Crippen LogP contribution in [-0.2, 0) is 4.74 Å². The topological polar surface area (TPSA) is 41.6 Å². The van der Waals surface area contributed by atoms with Crippen molar-refractivity contribution in [2.75, 3.05) is 32.8 Å². The summed E-state index contributed by atoms with van der Waals surface area (Å²) in [6.45, 7) is 8.39. The number of rotatable bonds is 4. The van der Waals surface area contributed by atoms with E-state index in [4.69, 9.17) is 4.74 Å². The van der Waals surface area contributed by atoms with Gasteiger partial charge in [0, 0.05) is 30.7 Å². The third kappa shape index (κ3) is 4.33. The molecule has 1 fully saturated rings. The predicted molar refractivity (Wildman–Crippen MR) is 75.2 cm³/mol. The molecule has 1 heterocycles. The Morgan fingerprint density at radius 1 is 1.26 bits per heavy atom. The molecule has 1 N–H and O–H groups in total. The molecule has 2 rings (SSSR count). The number of nitrogens with zero attached hydrogens (tertiary/aromatic N) is 1. The Kier molecular flexibility index (Phi) is 4.56. The maximum Gasteiger partial charge on any atom is 0.251 e. The van der Waals surface area contributed by atoms with Crippen LogP contribution in [0.25, 0.3) is 0 Å². The fourth-order valence-electron chi connectivity index (χ4n) is 2.33. The molecular weight excluding hydrogens is 240 g/mol. The van der Waals surface area contributed by atoms with Gasteiger partial charge in [-0.2, -0.15) is 0 Å². The first-order chi connectivity index (χ1) is 9.07. The van der Waals surface area contributed by atoms with E-state index in [1.165, 1.54) is 0 Å². The van der Waals surface area contributed by atoms with Crippen molar-refractivity contribution in [1.82, 2.24) is 10.2 Å². The zero-order valence-electron chi connectivity index (χ0n) is 11.7. The Labute approximate surface area is 114 Å². The minimum atomic E-state index is -0.246. The summed E-state index contributed by atoms with van der Waals surface area (Å²) in [4.78, 5) is 14.5. The molecule has 1 aliphatic rings. The fourth-order valence-corrected chi connectivity index (χ4v) is 2.33. The van der Waals surface area contributed by atoms with Crippen molar-refractivity contribution in [3.63, 3.8) is 0 Å². The van der Waals surface area contributed by atoms with E-state index in [0.29, 0.717) is 5.56 Å². The van der Waals surface area contributed by atoms with Gasteiger partial charge in [0.15, 0.2) is 0 Å². The fraction of sp³-hybridized carbons (Fsp3) is 0.533. The van der Waals surface area contributed by atoms with Crippen LogP contribution < -0.4 is 5.32 Å². The van der Waals surface area contributed by atoms with Crippen molar-refractivity contribution in [3.8, 4) is 0 Å². The van der Waals surface area contributed by atoms with Crippen LogP contribution in [0, 0.1) is 0 Å². The molecule has 19 heavy (non-hydrogen) atoms. The second kappa shape index (κ2) is 6.17. The first kappa shape index (κ1) is 14.0. The van der Waals surface area contributed by atoms with Gasteiger partial charge in [-0.25, -0.2) is 0 Å². The highest BCUT2D eigenvalue weighted by Gasteiger charge is 2.25. The van der Waals surface area contributed by atoms with E-state index in [2.05, 4.69) is 24.1 Å². The Hall–Kier alpha value is -1.39. The van der Waals surface area contributed by atoms with Crippen LogP contribution in [0.2, 0.25) is 0 Å². The van der Waals surface area contributed by atoms with E-state index < -0.39 is 0 Å². The average Bonchev–Trinajstić information content (AvgIpc) is 2.39. The van der Waals surface area contributed by atoms with Crippen molar-refractivity contribution in [1.29, 1.82) is 0 Å². The number of morpholine rings is 1. The van der Waals surface area contributed by atoms with E-state index in [0.717, 1.165) is 32.8 Å². The van der Waals surface area contributed by atoms with Crippen molar-refractivity contribution in [2.45, 2.75) is 19.4 Å². The Morgan fingerprint density at radius 2 is 1.89 bits per heavy atom. The number of carbonyl (C=O) groups excluding carboxylic acids is 1. The maximum atomic E-state index is 12.1. The van der Waals surface area contributed by atoms with E-state index in [1.807, 2.05) is 30.3 Å². The lowest BCUT2D eigenvalue weighted by Gasteiger charge is -2.35. The third-order valence-corrected chi connectivity index (χ3v) is 3.21. The normalized spacial score (nSPS) is 17.2. The monoisotopic (exact) mass is 262 g/mol. The number of hydrogen-bond acceptors (Lipinski definition) is 3. The number of ether oxygens (including phenoxy) is 1. The van der Waals surface area contributed by atoms with Crippen molar-refractivity contribution in [3.05, 3.63) is 35.9 Å². The van der Waals surface area contributed by atoms with Crippen LogP contribution >= 0.6 is 0 Å². The van der Waals surface area contributed by atoms with Crippen LogP contribution in [0.4, 0.5) is 0 Å². The minimum Gasteiger partial charge on any atom is -0.379 e. The van der Waals surface area contributed by atoms with Crippen molar-refractivity contribution in [2.24, 2.45) is 0 Å². The lowest BCUT2D eigenvalue weighted by Crippen LogP contribution is -2.53. The molecule has 0 saturated carbocycles. The molecule has 0 radical (unpaired) electrons. The van der Waals surface area contributed by atoms with Crippen LogP contribution in [-0.4, -0.2) is 49.2 Å². The molecule has 0 unspecified atom stereocenters. The summed E-state index contributed by atoms with van der Waals surface area (Å²) in [5.74, 6) is -0.0149. The molecule has 4 nitrogen and oxygen atoms in total. The smallest absolute Gasteiger partial charge is 0.251 e. The minimum absolute atomic E-state index is 0.0149. The summed E-state index contributed by atoms with van der Waals surface area (Å²) in [6.07, 6.45) is 0. The average molecular weight is 262 g/mol. The molecule has 1 aromatic carbocycles. The lowest BCUT2D eigenvalue weighted by atomic mass is 10.0. The number of carbonyl (C=O) groups is 1. The zero-order valence-corrected chi connectivity index (χ0v) is 11.7. The number of hydrogen-bond donors (Lipinski definition) is 1. The molecule has 1 aromatic rings. The number of amides is 1. The quantitative estimate of drug-likeness (QED) is 0.894. The summed E-state index contributed by atoms with van der Waals surface area (Å²) in [5, 5.41) is 3.10. The maximum absolute atomic E-state index is 12.1. The largest absolute Gasteiger partial charge is 0.379 e. The molecule has 1 amide bonds. The van der Waals surface area contributed by atoms with Gasteiger partial charge >= 0.3 is 0 Å². The summed E-state index contributed by atoms with van der Waals surface area (Å²) in [7, 11) is 0.